The van der Waals surface area contributed by atoms with E-state index in [1.807, 2.05) is 45.0 Å². The van der Waals surface area contributed by atoms with Crippen LogP contribution in [0.2, 0.25) is 0 Å². The lowest BCUT2D eigenvalue weighted by Crippen LogP contribution is -2.60. The number of aromatic nitrogens is 2. The Morgan fingerprint density at radius 3 is 2.26 bits per heavy atom. The molecule has 10 heteroatoms. The van der Waals surface area contributed by atoms with Gasteiger partial charge in [-0.3, -0.25) is 14.5 Å². The third-order valence-electron chi connectivity index (χ3n) is 10.4. The Kier molecular flexibility index (Phi) is 8.13. The number of fused-ring (bicyclic) bond motifs is 1. The summed E-state index contributed by atoms with van der Waals surface area (Å²) in [6, 6.07) is 12.2. The summed E-state index contributed by atoms with van der Waals surface area (Å²) < 4.78 is 12.8. The van der Waals surface area contributed by atoms with Gasteiger partial charge in [0, 0.05) is 47.6 Å². The van der Waals surface area contributed by atoms with Crippen LogP contribution in [-0.4, -0.2) is 77.4 Å². The van der Waals surface area contributed by atoms with Crippen LogP contribution in [0.4, 0.5) is 10.6 Å². The number of nitrogens with one attached hydrogen (secondary N) is 2. The summed E-state index contributed by atoms with van der Waals surface area (Å²) in [5.74, 6) is 1.35. The van der Waals surface area contributed by atoms with Gasteiger partial charge >= 0.3 is 6.03 Å². The van der Waals surface area contributed by atoms with Crippen LogP contribution in [0.25, 0.3) is 10.8 Å². The number of morpholine rings is 1. The van der Waals surface area contributed by atoms with Gasteiger partial charge in [-0.1, -0.05) is 45.0 Å². The molecule has 2 heterocycles. The van der Waals surface area contributed by atoms with Crippen LogP contribution in [0.1, 0.15) is 75.3 Å². The first-order valence-electron chi connectivity index (χ1n) is 16.8. The molecule has 244 valence electrons. The largest absolute Gasteiger partial charge is 0.492 e. The SMILES string of the molecule is CC(C)(C)c1cc(NC(=O)C(=O)c2ccc(OCCN3CCOCC3)c3ccccc23)n(C(=O)NC23CC4CC(CC(C4)C2)C3)n1. The lowest BCUT2D eigenvalue weighted by Gasteiger charge is -2.56. The summed E-state index contributed by atoms with van der Waals surface area (Å²) >= 11 is 0. The molecule has 10 nitrogen and oxygen atoms in total. The number of rotatable bonds is 8. The Balaban J connectivity index is 1.09. The van der Waals surface area contributed by atoms with E-state index in [0.717, 1.165) is 57.5 Å². The maximum absolute atomic E-state index is 13.8. The number of anilines is 1. The van der Waals surface area contributed by atoms with Gasteiger partial charge in [0.1, 0.15) is 18.2 Å². The number of ether oxygens (including phenoxy) is 2. The molecule has 1 aliphatic heterocycles. The molecule has 4 bridgehead atoms. The lowest BCUT2D eigenvalue weighted by atomic mass is 9.53. The number of benzene rings is 2. The molecule has 0 unspecified atom stereocenters. The van der Waals surface area contributed by atoms with Crippen molar-refractivity contribution in [2.45, 2.75) is 70.3 Å². The molecule has 4 saturated carbocycles. The normalized spacial score (nSPS) is 25.8. The summed E-state index contributed by atoms with van der Waals surface area (Å²) in [5.41, 5.74) is 0.333. The van der Waals surface area contributed by atoms with Crippen molar-refractivity contribution in [1.82, 2.24) is 20.0 Å². The Labute approximate surface area is 270 Å². The number of amides is 2. The molecule has 46 heavy (non-hydrogen) atoms. The van der Waals surface area contributed by atoms with Crippen LogP contribution in [-0.2, 0) is 14.9 Å². The molecule has 3 aromatic rings. The van der Waals surface area contributed by atoms with E-state index in [1.54, 1.807) is 18.2 Å². The van der Waals surface area contributed by atoms with E-state index < -0.39 is 11.7 Å². The maximum Gasteiger partial charge on any atom is 0.344 e. The Bertz CT molecular complexity index is 1610. The number of carbonyl (C=O) groups is 3. The second-order valence-corrected chi connectivity index (χ2v) is 14.9. The minimum absolute atomic E-state index is 0.192. The van der Waals surface area contributed by atoms with Crippen molar-refractivity contribution < 1.29 is 23.9 Å². The fraction of sp³-hybridized carbons (Fsp3) is 0.556. The predicted octanol–water partition coefficient (Wildman–Crippen LogP) is 5.39. The van der Waals surface area contributed by atoms with Crippen LogP contribution in [0, 0.1) is 17.8 Å². The highest BCUT2D eigenvalue weighted by Crippen LogP contribution is 2.55. The fourth-order valence-corrected chi connectivity index (χ4v) is 8.54. The molecule has 1 aromatic heterocycles. The molecule has 0 radical (unpaired) electrons. The number of carbonyl (C=O) groups excluding carboxylic acids is 3. The highest BCUT2D eigenvalue weighted by atomic mass is 16.5. The van der Waals surface area contributed by atoms with E-state index in [1.165, 1.54) is 23.9 Å². The van der Waals surface area contributed by atoms with Gasteiger partial charge in [0.15, 0.2) is 0 Å². The first kappa shape index (κ1) is 30.9. The van der Waals surface area contributed by atoms with Crippen molar-refractivity contribution >= 4 is 34.3 Å². The van der Waals surface area contributed by atoms with Gasteiger partial charge in [0.2, 0.25) is 0 Å². The van der Waals surface area contributed by atoms with Gasteiger partial charge in [-0.25, -0.2) is 4.79 Å². The molecule has 4 aliphatic carbocycles. The molecular formula is C36H45N5O5. The lowest BCUT2D eigenvalue weighted by molar-refractivity contribution is -0.112. The summed E-state index contributed by atoms with van der Waals surface area (Å²) in [6.45, 7) is 10.5. The predicted molar refractivity (Wildman–Crippen MR) is 175 cm³/mol. The molecule has 5 aliphatic rings. The minimum atomic E-state index is -0.824. The third-order valence-corrected chi connectivity index (χ3v) is 10.4. The zero-order chi connectivity index (χ0) is 32.1. The van der Waals surface area contributed by atoms with Crippen molar-refractivity contribution in [3.05, 3.63) is 53.7 Å². The molecule has 0 atom stereocenters. The number of nitrogens with zero attached hydrogens (tertiary/aromatic N) is 3. The highest BCUT2D eigenvalue weighted by molar-refractivity contribution is 6.48. The Morgan fingerprint density at radius 2 is 1.61 bits per heavy atom. The van der Waals surface area contributed by atoms with Crippen molar-refractivity contribution in [3.8, 4) is 5.75 Å². The van der Waals surface area contributed by atoms with Gasteiger partial charge in [-0.15, -0.1) is 0 Å². The molecule has 2 amide bonds. The number of ketones is 1. The Morgan fingerprint density at radius 1 is 0.957 bits per heavy atom. The summed E-state index contributed by atoms with van der Waals surface area (Å²) in [4.78, 5) is 43.4. The molecule has 1 saturated heterocycles. The first-order valence-corrected chi connectivity index (χ1v) is 16.8. The van der Waals surface area contributed by atoms with E-state index in [2.05, 4.69) is 20.6 Å². The monoisotopic (exact) mass is 627 g/mol. The summed E-state index contributed by atoms with van der Waals surface area (Å²) in [5, 5.41) is 12.1. The minimum Gasteiger partial charge on any atom is -0.492 e. The topological polar surface area (TPSA) is 115 Å². The maximum atomic E-state index is 13.8. The molecule has 2 N–H and O–H groups in total. The van der Waals surface area contributed by atoms with Crippen LogP contribution < -0.4 is 15.4 Å². The van der Waals surface area contributed by atoms with E-state index in [-0.39, 0.29) is 28.4 Å². The van der Waals surface area contributed by atoms with Crippen molar-refractivity contribution in [3.63, 3.8) is 0 Å². The number of hydrogen-bond donors (Lipinski definition) is 2. The van der Waals surface area contributed by atoms with Gasteiger partial charge in [0.05, 0.1) is 18.9 Å². The molecule has 0 spiro atoms. The standard InChI is InChI=1S/C36H45N5O5/c1-35(2,3)30-19-31(41(39-30)34(44)38-36-20-23-16-24(21-36)18-25(17-23)22-36)37-33(43)32(42)28-8-9-29(27-7-5-4-6-26(27)28)46-15-12-40-10-13-45-14-11-40/h4-9,19,23-25H,10-18,20-22H2,1-3H3,(H,37,43)(H,38,44). The average molecular weight is 628 g/mol. The number of hydrogen-bond acceptors (Lipinski definition) is 7. The second kappa shape index (κ2) is 12.1. The van der Waals surface area contributed by atoms with Gasteiger partial charge < -0.3 is 20.1 Å². The van der Waals surface area contributed by atoms with Crippen molar-refractivity contribution in [2.24, 2.45) is 17.8 Å². The summed E-state index contributed by atoms with van der Waals surface area (Å²) in [7, 11) is 0. The Hall–Kier alpha value is -3.76. The second-order valence-electron chi connectivity index (χ2n) is 14.9. The molecule has 2 aromatic carbocycles. The van der Waals surface area contributed by atoms with E-state index >= 15 is 0 Å². The van der Waals surface area contributed by atoms with E-state index in [9.17, 15) is 14.4 Å². The van der Waals surface area contributed by atoms with E-state index in [0.29, 0.717) is 41.2 Å². The zero-order valence-electron chi connectivity index (χ0n) is 27.1. The van der Waals surface area contributed by atoms with Gasteiger partial charge in [-0.05, 0) is 73.8 Å². The molecule has 5 fully saturated rings. The van der Waals surface area contributed by atoms with Crippen LogP contribution in [0.15, 0.2) is 42.5 Å². The van der Waals surface area contributed by atoms with Gasteiger partial charge in [-0.2, -0.15) is 9.78 Å². The molecule has 8 rings (SSSR count). The van der Waals surface area contributed by atoms with Crippen molar-refractivity contribution in [1.29, 1.82) is 0 Å². The third kappa shape index (κ3) is 6.17. The zero-order valence-corrected chi connectivity index (χ0v) is 27.1. The van der Waals surface area contributed by atoms with Crippen molar-refractivity contribution in [2.75, 3.05) is 44.8 Å². The summed E-state index contributed by atoms with van der Waals surface area (Å²) in [6.07, 6.45) is 6.80. The fourth-order valence-electron chi connectivity index (χ4n) is 8.54. The smallest absolute Gasteiger partial charge is 0.344 e. The van der Waals surface area contributed by atoms with Gasteiger partial charge in [0.25, 0.3) is 11.7 Å². The molecular weight excluding hydrogens is 582 g/mol. The first-order chi connectivity index (χ1) is 22.1. The quantitative estimate of drug-likeness (QED) is 0.254. The van der Waals surface area contributed by atoms with Crippen LogP contribution >= 0.6 is 0 Å². The highest BCUT2D eigenvalue weighted by Gasteiger charge is 2.52. The number of Topliss-reactive ketones (excluding diaryl/α,β-unsaturated/α-hetero) is 1. The van der Waals surface area contributed by atoms with E-state index in [4.69, 9.17) is 9.47 Å². The van der Waals surface area contributed by atoms with Crippen LogP contribution in [0.5, 0.6) is 5.75 Å². The average Bonchev–Trinajstić information content (AvgIpc) is 3.45. The van der Waals surface area contributed by atoms with Crippen LogP contribution in [0.3, 0.4) is 0 Å².